The first-order chi connectivity index (χ1) is 5.49. The maximum Gasteiger partial charge on any atom is 0.185 e. The first kappa shape index (κ1) is 10.0. The molecule has 0 spiro atoms. The van der Waals surface area contributed by atoms with Crippen LogP contribution in [0.5, 0.6) is 0 Å². The van der Waals surface area contributed by atoms with Crippen LogP contribution in [0.3, 0.4) is 0 Å². The van der Waals surface area contributed by atoms with Gasteiger partial charge in [-0.2, -0.15) is 0 Å². The molecule has 0 amide bonds. The number of hydrogen-bond acceptors (Lipinski definition) is 4. The first-order valence-electron chi connectivity index (χ1n) is 3.95. The molecule has 1 unspecified atom stereocenters. The quantitative estimate of drug-likeness (QED) is 0.659. The lowest BCUT2D eigenvalue weighted by Crippen LogP contribution is -2.22. The van der Waals surface area contributed by atoms with Crippen LogP contribution >= 0.6 is 11.8 Å². The molecular formula is C8H14O3S. The van der Waals surface area contributed by atoms with E-state index in [9.17, 15) is 4.79 Å². The Morgan fingerprint density at radius 3 is 2.75 bits per heavy atom. The summed E-state index contributed by atoms with van der Waals surface area (Å²) in [4.78, 5) is 10.6. The Hall–Kier alpha value is -0.0600. The van der Waals surface area contributed by atoms with Crippen LogP contribution in [-0.2, 0) is 14.3 Å². The molecule has 0 bridgehead atoms. The Kier molecular flexibility index (Phi) is 3.15. The normalized spacial score (nSPS) is 27.4. The monoisotopic (exact) mass is 190 g/mol. The average Bonchev–Trinajstić information content (AvgIpc) is 2.26. The lowest BCUT2D eigenvalue weighted by Gasteiger charge is -2.16. The Morgan fingerprint density at radius 1 is 1.67 bits per heavy atom. The molecule has 1 saturated heterocycles. The summed E-state index contributed by atoms with van der Waals surface area (Å²) >= 11 is 1.29. The van der Waals surface area contributed by atoms with Crippen LogP contribution in [0.4, 0.5) is 0 Å². The van der Waals surface area contributed by atoms with Gasteiger partial charge in [-0.1, -0.05) is 11.8 Å². The fraction of sp³-hybridized carbons (Fsp3) is 0.875. The highest BCUT2D eigenvalue weighted by atomic mass is 32.2. The zero-order chi connectivity index (χ0) is 9.19. The van der Waals surface area contributed by atoms with Gasteiger partial charge in [0, 0.05) is 12.7 Å². The molecule has 0 aromatic carbocycles. The maximum atomic E-state index is 10.6. The van der Waals surface area contributed by atoms with Crippen LogP contribution in [0.25, 0.3) is 0 Å². The minimum absolute atomic E-state index is 0.0638. The van der Waals surface area contributed by atoms with Crippen LogP contribution in [0.2, 0.25) is 0 Å². The molecule has 0 aromatic heterocycles. The summed E-state index contributed by atoms with van der Waals surface area (Å²) in [6, 6.07) is 0. The summed E-state index contributed by atoms with van der Waals surface area (Å²) < 4.78 is 10.8. The number of carbonyl (C=O) groups excluding carboxylic acids is 1. The molecular weight excluding hydrogens is 176 g/mol. The van der Waals surface area contributed by atoms with Gasteiger partial charge in [0.1, 0.15) is 0 Å². The van der Waals surface area contributed by atoms with E-state index >= 15 is 0 Å². The van der Waals surface area contributed by atoms with Crippen LogP contribution < -0.4 is 0 Å². The fourth-order valence-corrected chi connectivity index (χ4v) is 1.64. The van der Waals surface area contributed by atoms with Gasteiger partial charge < -0.3 is 9.47 Å². The van der Waals surface area contributed by atoms with Gasteiger partial charge in [0.25, 0.3) is 0 Å². The van der Waals surface area contributed by atoms with Crippen molar-refractivity contribution in [1.29, 1.82) is 0 Å². The molecule has 1 aliphatic rings. The van der Waals surface area contributed by atoms with Crippen molar-refractivity contribution < 1.29 is 14.3 Å². The predicted molar refractivity (Wildman–Crippen MR) is 48.0 cm³/mol. The van der Waals surface area contributed by atoms with Crippen molar-refractivity contribution in [3.05, 3.63) is 0 Å². The van der Waals surface area contributed by atoms with Crippen LogP contribution in [0.15, 0.2) is 0 Å². The maximum absolute atomic E-state index is 10.6. The van der Waals surface area contributed by atoms with E-state index in [1.807, 2.05) is 13.8 Å². The van der Waals surface area contributed by atoms with Crippen molar-refractivity contribution >= 4 is 16.9 Å². The van der Waals surface area contributed by atoms with Crippen LogP contribution in [0.1, 0.15) is 20.8 Å². The molecule has 12 heavy (non-hydrogen) atoms. The largest absolute Gasteiger partial charge is 0.348 e. The third kappa shape index (κ3) is 3.13. The van der Waals surface area contributed by atoms with Crippen LogP contribution in [0, 0.1) is 0 Å². The van der Waals surface area contributed by atoms with Crippen LogP contribution in [-0.4, -0.2) is 29.4 Å². The molecule has 0 N–H and O–H groups in total. The molecule has 0 aliphatic carbocycles. The molecule has 1 rings (SSSR count). The van der Waals surface area contributed by atoms with E-state index in [1.54, 1.807) is 6.92 Å². The van der Waals surface area contributed by atoms with E-state index in [4.69, 9.17) is 9.47 Å². The third-order valence-electron chi connectivity index (χ3n) is 1.54. The van der Waals surface area contributed by atoms with Crippen molar-refractivity contribution in [2.24, 2.45) is 0 Å². The van der Waals surface area contributed by atoms with E-state index in [0.717, 1.165) is 0 Å². The number of carbonyl (C=O) groups is 1. The number of hydrogen-bond donors (Lipinski definition) is 0. The molecule has 1 heterocycles. The molecule has 0 aromatic rings. The second kappa shape index (κ2) is 3.77. The van der Waals surface area contributed by atoms with Gasteiger partial charge in [0.2, 0.25) is 0 Å². The highest BCUT2D eigenvalue weighted by Crippen LogP contribution is 2.24. The van der Waals surface area contributed by atoms with Gasteiger partial charge >= 0.3 is 0 Å². The van der Waals surface area contributed by atoms with E-state index in [2.05, 4.69) is 0 Å². The summed E-state index contributed by atoms with van der Waals surface area (Å²) in [5.74, 6) is 0.223. The Bertz CT molecular complexity index is 179. The number of thioether (sulfide) groups is 1. The van der Waals surface area contributed by atoms with Gasteiger partial charge in [-0.05, 0) is 13.8 Å². The molecule has 0 radical (unpaired) electrons. The van der Waals surface area contributed by atoms with Crippen molar-refractivity contribution in [3.63, 3.8) is 0 Å². The van der Waals surface area contributed by atoms with Gasteiger partial charge in [-0.15, -0.1) is 0 Å². The Labute approximate surface area is 76.8 Å². The van der Waals surface area contributed by atoms with E-state index < -0.39 is 5.79 Å². The van der Waals surface area contributed by atoms with Crippen molar-refractivity contribution in [2.75, 3.05) is 12.4 Å². The zero-order valence-corrected chi connectivity index (χ0v) is 8.44. The minimum atomic E-state index is -0.470. The van der Waals surface area contributed by atoms with Crippen molar-refractivity contribution in [1.82, 2.24) is 0 Å². The summed E-state index contributed by atoms with van der Waals surface area (Å²) in [6.45, 7) is 5.91. The Balaban J connectivity index is 2.24. The molecule has 70 valence electrons. The van der Waals surface area contributed by atoms with E-state index in [1.165, 1.54) is 11.8 Å². The minimum Gasteiger partial charge on any atom is -0.348 e. The lowest BCUT2D eigenvalue weighted by molar-refractivity contribution is -0.135. The van der Waals surface area contributed by atoms with Gasteiger partial charge in [0.15, 0.2) is 10.9 Å². The number of rotatable bonds is 2. The number of ether oxygens (including phenoxy) is 2. The van der Waals surface area contributed by atoms with Gasteiger partial charge in [0.05, 0.1) is 12.7 Å². The zero-order valence-electron chi connectivity index (χ0n) is 7.62. The first-order valence-corrected chi connectivity index (χ1v) is 4.93. The van der Waals surface area contributed by atoms with Crippen molar-refractivity contribution in [3.8, 4) is 0 Å². The molecule has 1 fully saturated rings. The molecule has 3 nitrogen and oxygen atoms in total. The summed E-state index contributed by atoms with van der Waals surface area (Å²) in [6.07, 6.45) is 0.0638. The molecule has 1 atom stereocenters. The predicted octanol–water partition coefficient (Wildman–Crippen LogP) is 1.42. The SMILES string of the molecule is CC(=O)SCC1COC(C)(C)O1. The molecule has 4 heteroatoms. The lowest BCUT2D eigenvalue weighted by atomic mass is 10.4. The second-order valence-electron chi connectivity index (χ2n) is 3.25. The standard InChI is InChI=1S/C8H14O3S/c1-6(9)12-5-7-4-10-8(2,3)11-7/h7H,4-5H2,1-3H3. The van der Waals surface area contributed by atoms with Gasteiger partial charge in [-0.25, -0.2) is 0 Å². The third-order valence-corrected chi connectivity index (χ3v) is 2.48. The fourth-order valence-electron chi connectivity index (χ4n) is 1.06. The molecule has 1 aliphatic heterocycles. The van der Waals surface area contributed by atoms with Crippen molar-refractivity contribution in [2.45, 2.75) is 32.7 Å². The Morgan fingerprint density at radius 2 is 2.33 bits per heavy atom. The summed E-state index contributed by atoms with van der Waals surface area (Å²) in [5.41, 5.74) is 0. The smallest absolute Gasteiger partial charge is 0.185 e. The molecule has 0 saturated carbocycles. The van der Waals surface area contributed by atoms with Gasteiger partial charge in [-0.3, -0.25) is 4.79 Å². The second-order valence-corrected chi connectivity index (χ2v) is 4.45. The van der Waals surface area contributed by atoms with E-state index in [0.29, 0.717) is 12.4 Å². The summed E-state index contributed by atoms with van der Waals surface area (Å²) in [7, 11) is 0. The highest BCUT2D eigenvalue weighted by Gasteiger charge is 2.32. The topological polar surface area (TPSA) is 35.5 Å². The summed E-state index contributed by atoms with van der Waals surface area (Å²) in [5, 5.41) is 0.128. The average molecular weight is 190 g/mol. The highest BCUT2D eigenvalue weighted by molar-refractivity contribution is 8.13. The van der Waals surface area contributed by atoms with E-state index in [-0.39, 0.29) is 11.2 Å².